The fourth-order valence-corrected chi connectivity index (χ4v) is 2.74. The van der Waals surface area contributed by atoms with Gasteiger partial charge < -0.3 is 10.3 Å². The van der Waals surface area contributed by atoms with Crippen LogP contribution < -0.4 is 5.73 Å². The minimum absolute atomic E-state index is 0.214. The number of aromatic nitrogens is 2. The van der Waals surface area contributed by atoms with Gasteiger partial charge in [0.05, 0.1) is 6.04 Å². The molecule has 1 heterocycles. The van der Waals surface area contributed by atoms with Crippen LogP contribution in [0.5, 0.6) is 0 Å². The van der Waals surface area contributed by atoms with Crippen LogP contribution >= 0.6 is 0 Å². The van der Waals surface area contributed by atoms with Crippen LogP contribution in [0, 0.1) is 5.92 Å². The maximum Gasteiger partial charge on any atom is 0.243 e. The molecule has 0 spiro atoms. The highest BCUT2D eigenvalue weighted by atomic mass is 16.5. The average molecular weight is 249 g/mol. The summed E-state index contributed by atoms with van der Waals surface area (Å²) in [5, 5.41) is 4.11. The van der Waals surface area contributed by atoms with Gasteiger partial charge in [0.2, 0.25) is 5.89 Å². The Hall–Kier alpha value is -1.16. The molecule has 4 heteroatoms. The Labute approximate surface area is 109 Å². The highest BCUT2D eigenvalue weighted by Gasteiger charge is 2.26. The van der Waals surface area contributed by atoms with Gasteiger partial charge in [0, 0.05) is 5.92 Å². The molecular formula is C14H23N3O. The summed E-state index contributed by atoms with van der Waals surface area (Å²) in [5.41, 5.74) is 5.93. The van der Waals surface area contributed by atoms with Crippen LogP contribution in [0.25, 0.3) is 0 Å². The van der Waals surface area contributed by atoms with Gasteiger partial charge in [0.15, 0.2) is 5.82 Å². The number of hydrogen-bond acceptors (Lipinski definition) is 4. The number of nitrogens with two attached hydrogens (primary N) is 1. The molecule has 2 N–H and O–H groups in total. The lowest BCUT2D eigenvalue weighted by atomic mass is 9.80. The molecule has 0 aliphatic heterocycles. The minimum Gasteiger partial charge on any atom is -0.338 e. The summed E-state index contributed by atoms with van der Waals surface area (Å²) in [6, 6.07) is -0.214. The zero-order valence-corrected chi connectivity index (χ0v) is 11.1. The molecule has 1 aliphatic rings. The summed E-state index contributed by atoms with van der Waals surface area (Å²) in [5.74, 6) is 2.66. The summed E-state index contributed by atoms with van der Waals surface area (Å²) in [4.78, 5) is 4.47. The highest BCUT2D eigenvalue weighted by Crippen LogP contribution is 2.36. The molecule has 0 aromatic carbocycles. The van der Waals surface area contributed by atoms with Crippen molar-refractivity contribution in [1.82, 2.24) is 10.1 Å². The Balaban J connectivity index is 2.02. The fraction of sp³-hybridized carbons (Fsp3) is 0.714. The SMILES string of the molecule is C=CCC(N)c1nc(C2CCCC(CC)C2)no1. The smallest absolute Gasteiger partial charge is 0.243 e. The Kier molecular flexibility index (Phi) is 4.53. The van der Waals surface area contributed by atoms with Crippen LogP contribution in [0.3, 0.4) is 0 Å². The normalized spacial score (nSPS) is 25.9. The van der Waals surface area contributed by atoms with Crippen LogP contribution in [-0.4, -0.2) is 10.1 Å². The van der Waals surface area contributed by atoms with E-state index in [0.29, 0.717) is 18.2 Å². The van der Waals surface area contributed by atoms with E-state index in [0.717, 1.165) is 11.7 Å². The van der Waals surface area contributed by atoms with Crippen molar-refractivity contribution in [1.29, 1.82) is 0 Å². The second-order valence-electron chi connectivity index (χ2n) is 5.26. The average Bonchev–Trinajstić information content (AvgIpc) is 2.89. The number of hydrogen-bond donors (Lipinski definition) is 1. The third-order valence-corrected chi connectivity index (χ3v) is 3.92. The zero-order valence-electron chi connectivity index (χ0n) is 11.1. The zero-order chi connectivity index (χ0) is 13.0. The van der Waals surface area contributed by atoms with E-state index in [1.165, 1.54) is 32.1 Å². The quantitative estimate of drug-likeness (QED) is 0.813. The van der Waals surface area contributed by atoms with Gasteiger partial charge in [0.25, 0.3) is 0 Å². The molecule has 0 amide bonds. The van der Waals surface area contributed by atoms with Gasteiger partial charge in [-0.3, -0.25) is 0 Å². The first kappa shape index (κ1) is 13.3. The first-order valence-electron chi connectivity index (χ1n) is 6.94. The van der Waals surface area contributed by atoms with Crippen LogP contribution in [0.4, 0.5) is 0 Å². The van der Waals surface area contributed by atoms with E-state index in [2.05, 4.69) is 23.6 Å². The van der Waals surface area contributed by atoms with E-state index in [-0.39, 0.29) is 6.04 Å². The molecule has 1 aromatic heterocycles. The molecule has 100 valence electrons. The van der Waals surface area contributed by atoms with Crippen molar-refractivity contribution in [2.75, 3.05) is 0 Å². The summed E-state index contributed by atoms with van der Waals surface area (Å²) >= 11 is 0. The van der Waals surface area contributed by atoms with Gasteiger partial charge in [-0.2, -0.15) is 4.98 Å². The largest absolute Gasteiger partial charge is 0.338 e. The lowest BCUT2D eigenvalue weighted by Gasteiger charge is -2.26. The van der Waals surface area contributed by atoms with E-state index in [1.807, 2.05) is 0 Å². The van der Waals surface area contributed by atoms with E-state index < -0.39 is 0 Å². The van der Waals surface area contributed by atoms with Crippen molar-refractivity contribution >= 4 is 0 Å². The Morgan fingerprint density at radius 3 is 3.11 bits per heavy atom. The molecule has 0 radical (unpaired) electrons. The number of nitrogens with zero attached hydrogens (tertiary/aromatic N) is 2. The molecule has 1 aliphatic carbocycles. The summed E-state index contributed by atoms with van der Waals surface area (Å²) in [6.07, 6.45) is 8.67. The minimum atomic E-state index is -0.214. The van der Waals surface area contributed by atoms with Crippen molar-refractivity contribution in [3.63, 3.8) is 0 Å². The maximum atomic E-state index is 5.93. The molecular weight excluding hydrogens is 226 g/mol. The van der Waals surface area contributed by atoms with Gasteiger partial charge in [-0.1, -0.05) is 37.4 Å². The maximum absolute atomic E-state index is 5.93. The second kappa shape index (κ2) is 6.14. The molecule has 3 unspecified atom stereocenters. The van der Waals surface area contributed by atoms with Gasteiger partial charge in [-0.25, -0.2) is 0 Å². The lowest BCUT2D eigenvalue weighted by Crippen LogP contribution is -2.15. The van der Waals surface area contributed by atoms with Gasteiger partial charge in [-0.15, -0.1) is 6.58 Å². The molecule has 0 bridgehead atoms. The van der Waals surface area contributed by atoms with Crippen molar-refractivity contribution < 1.29 is 4.52 Å². The Morgan fingerprint density at radius 1 is 1.56 bits per heavy atom. The molecule has 1 fully saturated rings. The standard InChI is InChI=1S/C14H23N3O/c1-3-6-12(15)14-16-13(17-18-14)11-8-5-7-10(4-2)9-11/h3,10-12H,1,4-9,15H2,2H3. The highest BCUT2D eigenvalue weighted by molar-refractivity contribution is 5.01. The number of rotatable bonds is 5. The topological polar surface area (TPSA) is 64.9 Å². The molecule has 2 rings (SSSR count). The second-order valence-corrected chi connectivity index (χ2v) is 5.26. The van der Waals surface area contributed by atoms with Crippen LogP contribution in [0.2, 0.25) is 0 Å². The predicted octanol–water partition coefficient (Wildman–Crippen LogP) is 3.33. The summed E-state index contributed by atoms with van der Waals surface area (Å²) < 4.78 is 5.27. The fourth-order valence-electron chi connectivity index (χ4n) is 2.74. The van der Waals surface area contributed by atoms with Crippen molar-refractivity contribution in [3.8, 4) is 0 Å². The first-order valence-corrected chi connectivity index (χ1v) is 6.94. The molecule has 4 nitrogen and oxygen atoms in total. The van der Waals surface area contributed by atoms with Crippen molar-refractivity contribution in [2.24, 2.45) is 11.7 Å². The van der Waals surface area contributed by atoms with Gasteiger partial charge in [0.1, 0.15) is 0 Å². The van der Waals surface area contributed by atoms with Crippen LogP contribution in [0.15, 0.2) is 17.2 Å². The summed E-state index contributed by atoms with van der Waals surface area (Å²) in [7, 11) is 0. The van der Waals surface area contributed by atoms with Crippen LogP contribution in [0.1, 0.15) is 69.1 Å². The molecule has 3 atom stereocenters. The Bertz CT molecular complexity index is 388. The molecule has 18 heavy (non-hydrogen) atoms. The van der Waals surface area contributed by atoms with E-state index >= 15 is 0 Å². The van der Waals surface area contributed by atoms with Crippen LogP contribution in [-0.2, 0) is 0 Å². The van der Waals surface area contributed by atoms with Crippen molar-refractivity contribution in [2.45, 2.75) is 57.4 Å². The third kappa shape index (κ3) is 2.99. The molecule has 1 saturated carbocycles. The molecule has 0 saturated heterocycles. The molecule has 1 aromatic rings. The lowest BCUT2D eigenvalue weighted by molar-refractivity contribution is 0.296. The monoisotopic (exact) mass is 249 g/mol. The predicted molar refractivity (Wildman–Crippen MR) is 71.0 cm³/mol. The third-order valence-electron chi connectivity index (χ3n) is 3.92. The van der Waals surface area contributed by atoms with E-state index in [9.17, 15) is 0 Å². The van der Waals surface area contributed by atoms with Gasteiger partial charge >= 0.3 is 0 Å². The summed E-state index contributed by atoms with van der Waals surface area (Å²) in [6.45, 7) is 5.93. The van der Waals surface area contributed by atoms with E-state index in [1.54, 1.807) is 6.08 Å². The first-order chi connectivity index (χ1) is 8.74. The Morgan fingerprint density at radius 2 is 2.39 bits per heavy atom. The van der Waals surface area contributed by atoms with Crippen molar-refractivity contribution in [3.05, 3.63) is 24.4 Å². The van der Waals surface area contributed by atoms with E-state index in [4.69, 9.17) is 10.3 Å². The van der Waals surface area contributed by atoms with Gasteiger partial charge in [-0.05, 0) is 25.2 Å².